The van der Waals surface area contributed by atoms with Gasteiger partial charge in [0.1, 0.15) is 5.60 Å². The monoisotopic (exact) mass is 336 g/mol. The van der Waals surface area contributed by atoms with Crippen LogP contribution in [0.25, 0.3) is 0 Å². The Labute approximate surface area is 141 Å². The number of nitrogens with one attached hydrogen (secondary N) is 1. The third-order valence-corrected chi connectivity index (χ3v) is 4.99. The molecule has 0 fully saturated rings. The van der Waals surface area contributed by atoms with Crippen molar-refractivity contribution < 1.29 is 14.3 Å². The molecule has 126 valence electrons. The summed E-state index contributed by atoms with van der Waals surface area (Å²) in [5.41, 5.74) is 1.79. The number of hydrogen-bond acceptors (Lipinski definition) is 4. The standard InChI is InChI=1S/C17H24N2O3S/c1-7-14(20)18-15-11(3)12-8-10(2)19(9-13(12)23-15)16(21)22-17(4,5)6/h7,10H,1,8-9H2,2-6H3,(H,18,20). The second-order valence-electron chi connectivity index (χ2n) is 6.81. The van der Waals surface area contributed by atoms with Crippen LogP contribution in [0.5, 0.6) is 0 Å². The van der Waals surface area contributed by atoms with Crippen LogP contribution in [0.1, 0.15) is 43.7 Å². The zero-order valence-electron chi connectivity index (χ0n) is 14.4. The molecule has 0 saturated carbocycles. The van der Waals surface area contributed by atoms with Gasteiger partial charge in [-0.25, -0.2) is 4.79 Å². The maximum atomic E-state index is 12.4. The molecule has 0 aromatic carbocycles. The molecule has 1 aliphatic heterocycles. The normalized spacial score (nSPS) is 17.4. The Morgan fingerprint density at radius 3 is 2.65 bits per heavy atom. The molecule has 0 saturated heterocycles. The summed E-state index contributed by atoms with van der Waals surface area (Å²) in [5, 5.41) is 3.67. The number of anilines is 1. The molecule has 6 heteroatoms. The zero-order valence-corrected chi connectivity index (χ0v) is 15.2. The van der Waals surface area contributed by atoms with Crippen molar-refractivity contribution >= 4 is 28.3 Å². The molecule has 0 spiro atoms. The van der Waals surface area contributed by atoms with E-state index in [2.05, 4.69) is 11.9 Å². The summed E-state index contributed by atoms with van der Waals surface area (Å²) in [5.74, 6) is -0.219. The first kappa shape index (κ1) is 17.5. The van der Waals surface area contributed by atoms with E-state index in [1.165, 1.54) is 23.0 Å². The summed E-state index contributed by atoms with van der Waals surface area (Å²) < 4.78 is 5.49. The quantitative estimate of drug-likeness (QED) is 0.834. The number of hydrogen-bond donors (Lipinski definition) is 1. The number of fused-ring (bicyclic) bond motifs is 1. The van der Waals surface area contributed by atoms with Crippen LogP contribution in [0.4, 0.5) is 9.80 Å². The lowest BCUT2D eigenvalue weighted by atomic mass is 9.98. The molecular weight excluding hydrogens is 312 g/mol. The van der Waals surface area contributed by atoms with Crippen LogP contribution in [-0.4, -0.2) is 28.5 Å². The molecule has 2 rings (SSSR count). The van der Waals surface area contributed by atoms with Crippen LogP contribution in [0.15, 0.2) is 12.7 Å². The Balaban J connectivity index is 2.22. The van der Waals surface area contributed by atoms with Crippen molar-refractivity contribution in [2.24, 2.45) is 0 Å². The van der Waals surface area contributed by atoms with Crippen molar-refractivity contribution in [2.45, 2.75) is 59.2 Å². The number of rotatable bonds is 2. The molecule has 1 aliphatic rings. The van der Waals surface area contributed by atoms with E-state index in [0.717, 1.165) is 21.9 Å². The Kier molecular flexibility index (Phi) is 4.84. The summed E-state index contributed by atoms with van der Waals surface area (Å²) in [6.45, 7) is 13.6. The fraction of sp³-hybridized carbons (Fsp3) is 0.529. The average Bonchev–Trinajstić information content (AvgIpc) is 2.72. The smallest absolute Gasteiger partial charge is 0.410 e. The summed E-state index contributed by atoms with van der Waals surface area (Å²) in [4.78, 5) is 26.8. The highest BCUT2D eigenvalue weighted by molar-refractivity contribution is 7.16. The Bertz CT molecular complexity index is 643. The van der Waals surface area contributed by atoms with E-state index < -0.39 is 5.60 Å². The van der Waals surface area contributed by atoms with Crippen LogP contribution in [0.2, 0.25) is 0 Å². The fourth-order valence-electron chi connectivity index (χ4n) is 2.57. The SMILES string of the molecule is C=CC(=O)Nc1sc2c(c1C)CC(C)N(C(=O)OC(C)(C)C)C2. The van der Waals surface area contributed by atoms with E-state index >= 15 is 0 Å². The summed E-state index contributed by atoms with van der Waals surface area (Å²) >= 11 is 1.52. The van der Waals surface area contributed by atoms with E-state index in [1.54, 1.807) is 4.90 Å². The lowest BCUT2D eigenvalue weighted by Gasteiger charge is -2.35. The number of nitrogens with zero attached hydrogens (tertiary/aromatic N) is 1. The third kappa shape index (κ3) is 3.93. The lowest BCUT2D eigenvalue weighted by molar-refractivity contribution is -0.111. The Hall–Kier alpha value is -1.82. The van der Waals surface area contributed by atoms with Gasteiger partial charge in [-0.1, -0.05) is 6.58 Å². The summed E-state index contributed by atoms with van der Waals surface area (Å²) in [6, 6.07) is 0.0635. The first-order valence-corrected chi connectivity index (χ1v) is 8.48. The van der Waals surface area contributed by atoms with Crippen molar-refractivity contribution in [1.82, 2.24) is 4.90 Å². The molecule has 5 nitrogen and oxygen atoms in total. The second-order valence-corrected chi connectivity index (χ2v) is 7.92. The topological polar surface area (TPSA) is 58.6 Å². The van der Waals surface area contributed by atoms with Gasteiger partial charge in [0.15, 0.2) is 0 Å². The first-order chi connectivity index (χ1) is 10.6. The average molecular weight is 336 g/mol. The van der Waals surface area contributed by atoms with E-state index in [-0.39, 0.29) is 18.0 Å². The van der Waals surface area contributed by atoms with Gasteiger partial charge < -0.3 is 15.0 Å². The molecule has 0 radical (unpaired) electrons. The van der Waals surface area contributed by atoms with E-state index in [4.69, 9.17) is 4.74 Å². The highest BCUT2D eigenvalue weighted by Gasteiger charge is 2.33. The molecule has 1 unspecified atom stereocenters. The van der Waals surface area contributed by atoms with E-state index in [9.17, 15) is 9.59 Å². The summed E-state index contributed by atoms with van der Waals surface area (Å²) in [6.07, 6.45) is 1.73. The van der Waals surface area contributed by atoms with Gasteiger partial charge in [-0.15, -0.1) is 11.3 Å². The van der Waals surface area contributed by atoms with E-state index in [1.807, 2.05) is 34.6 Å². The predicted octanol–water partition coefficient (Wildman–Crippen LogP) is 3.86. The predicted molar refractivity (Wildman–Crippen MR) is 92.8 cm³/mol. The van der Waals surface area contributed by atoms with Gasteiger partial charge in [0.2, 0.25) is 5.91 Å². The molecule has 2 amide bonds. The second kappa shape index (κ2) is 6.35. The van der Waals surface area contributed by atoms with Gasteiger partial charge in [0.25, 0.3) is 0 Å². The number of carbonyl (C=O) groups is 2. The van der Waals surface area contributed by atoms with Gasteiger partial charge in [0.05, 0.1) is 11.5 Å². The summed E-state index contributed by atoms with van der Waals surface area (Å²) in [7, 11) is 0. The minimum absolute atomic E-state index is 0.0635. The molecule has 0 aliphatic carbocycles. The lowest BCUT2D eigenvalue weighted by Crippen LogP contribution is -2.44. The molecular formula is C17H24N2O3S. The zero-order chi connectivity index (χ0) is 17.4. The van der Waals surface area contributed by atoms with Crippen LogP contribution in [0, 0.1) is 6.92 Å². The molecule has 0 bridgehead atoms. The molecule has 1 N–H and O–H groups in total. The maximum absolute atomic E-state index is 12.4. The number of ether oxygens (including phenoxy) is 1. The molecule has 2 heterocycles. The Morgan fingerprint density at radius 1 is 1.43 bits per heavy atom. The number of amides is 2. The van der Waals surface area contributed by atoms with Gasteiger partial charge >= 0.3 is 6.09 Å². The van der Waals surface area contributed by atoms with Crippen LogP contribution < -0.4 is 5.32 Å². The van der Waals surface area contributed by atoms with Gasteiger partial charge in [-0.3, -0.25) is 4.79 Å². The van der Waals surface area contributed by atoms with Crippen molar-refractivity contribution in [2.75, 3.05) is 5.32 Å². The molecule has 1 aromatic rings. The maximum Gasteiger partial charge on any atom is 0.410 e. The van der Waals surface area contributed by atoms with Gasteiger partial charge in [0, 0.05) is 10.9 Å². The number of thiophene rings is 1. The van der Waals surface area contributed by atoms with Crippen molar-refractivity contribution in [3.8, 4) is 0 Å². The number of carbonyl (C=O) groups excluding carboxylic acids is 2. The molecule has 1 aromatic heterocycles. The highest BCUT2D eigenvalue weighted by atomic mass is 32.1. The highest BCUT2D eigenvalue weighted by Crippen LogP contribution is 2.38. The van der Waals surface area contributed by atoms with Crippen molar-refractivity contribution in [3.63, 3.8) is 0 Å². The molecule has 1 atom stereocenters. The van der Waals surface area contributed by atoms with Crippen LogP contribution in [-0.2, 0) is 22.5 Å². The van der Waals surface area contributed by atoms with E-state index in [0.29, 0.717) is 6.54 Å². The van der Waals surface area contributed by atoms with Crippen molar-refractivity contribution in [1.29, 1.82) is 0 Å². The minimum Gasteiger partial charge on any atom is -0.444 e. The van der Waals surface area contributed by atoms with Crippen LogP contribution >= 0.6 is 11.3 Å². The Morgan fingerprint density at radius 2 is 2.09 bits per heavy atom. The van der Waals surface area contributed by atoms with Gasteiger partial charge in [-0.2, -0.15) is 0 Å². The molecule has 23 heavy (non-hydrogen) atoms. The largest absolute Gasteiger partial charge is 0.444 e. The third-order valence-electron chi connectivity index (χ3n) is 3.75. The van der Waals surface area contributed by atoms with Crippen LogP contribution in [0.3, 0.4) is 0 Å². The minimum atomic E-state index is -0.508. The fourth-order valence-corrected chi connectivity index (χ4v) is 3.80. The van der Waals surface area contributed by atoms with Gasteiger partial charge in [-0.05, 0) is 58.2 Å². The first-order valence-electron chi connectivity index (χ1n) is 7.66. The van der Waals surface area contributed by atoms with Crippen molar-refractivity contribution in [3.05, 3.63) is 28.7 Å².